The second-order valence-electron chi connectivity index (χ2n) is 3.67. The number of rotatable bonds is 2. The maximum absolute atomic E-state index is 9.53. The van der Waals surface area contributed by atoms with Crippen LogP contribution in [0.25, 0.3) is 0 Å². The molecular formula is C8H15O4P. The van der Waals surface area contributed by atoms with Crippen molar-refractivity contribution >= 4 is 19.2 Å². The van der Waals surface area contributed by atoms with Crippen LogP contribution in [0.4, 0.5) is 0 Å². The van der Waals surface area contributed by atoms with E-state index in [2.05, 4.69) is 26.7 Å². The summed E-state index contributed by atoms with van der Waals surface area (Å²) >= 11 is 0. The van der Waals surface area contributed by atoms with Crippen LogP contribution in [0, 0.1) is 0 Å². The second-order valence-corrected chi connectivity index (χ2v) is 9.04. The molecule has 0 saturated carbocycles. The fourth-order valence-electron chi connectivity index (χ4n) is 0.139. The molecule has 0 aliphatic carbocycles. The van der Waals surface area contributed by atoms with Gasteiger partial charge in [0.2, 0.25) is 0 Å². The van der Waals surface area contributed by atoms with Gasteiger partial charge in [-0.2, -0.15) is 0 Å². The molecule has 0 rings (SSSR count). The van der Waals surface area contributed by atoms with E-state index in [4.69, 9.17) is 5.11 Å². The van der Waals surface area contributed by atoms with Gasteiger partial charge in [0.05, 0.1) is 5.97 Å². The van der Waals surface area contributed by atoms with Crippen LogP contribution in [0.15, 0.2) is 12.2 Å². The molecule has 5 heteroatoms. The van der Waals surface area contributed by atoms with E-state index in [9.17, 15) is 14.7 Å². The Morgan fingerprint density at radius 3 is 1.54 bits per heavy atom. The third kappa shape index (κ3) is 54.6. The molecular weight excluding hydrogens is 191 g/mol. The quantitative estimate of drug-likeness (QED) is 0.505. The molecule has 76 valence electrons. The Kier molecular flexibility index (Phi) is 7.43. The smallest absolute Gasteiger partial charge is 0.328 e. The van der Waals surface area contributed by atoms with Gasteiger partial charge in [0.1, 0.15) is 0 Å². The number of hydrogen-bond acceptors (Lipinski definition) is 3. The molecule has 0 aliphatic heterocycles. The Labute approximate surface area is 78.6 Å². The Hall–Kier alpha value is -0.890. The largest absolute Gasteiger partial charge is 0.545 e. The Balaban J connectivity index is 0. The molecule has 0 heterocycles. The first-order chi connectivity index (χ1) is 5.63. The van der Waals surface area contributed by atoms with Crippen molar-refractivity contribution in [1.29, 1.82) is 0 Å². The highest BCUT2D eigenvalue weighted by molar-refractivity contribution is 7.73. The van der Waals surface area contributed by atoms with Crippen molar-refractivity contribution in [1.82, 2.24) is 0 Å². The van der Waals surface area contributed by atoms with E-state index in [1.165, 1.54) is 0 Å². The molecule has 0 unspecified atom stereocenters. The minimum Gasteiger partial charge on any atom is -0.545 e. The fraction of sp³-hybridized carbons (Fsp3) is 0.500. The molecule has 0 aliphatic rings. The van der Waals surface area contributed by atoms with Crippen LogP contribution in [0.3, 0.4) is 0 Å². The van der Waals surface area contributed by atoms with E-state index in [0.29, 0.717) is 12.2 Å². The van der Waals surface area contributed by atoms with Gasteiger partial charge in [0, 0.05) is 40.0 Å². The van der Waals surface area contributed by atoms with Gasteiger partial charge in [-0.05, 0) is 6.08 Å². The van der Waals surface area contributed by atoms with Crippen LogP contribution in [-0.2, 0) is 9.59 Å². The van der Waals surface area contributed by atoms with Crippen molar-refractivity contribution in [3.63, 3.8) is 0 Å². The SMILES string of the molecule is C[P+](C)(C)C.O=C([O-])/C=C\C(=O)O. The van der Waals surface area contributed by atoms with Gasteiger partial charge in [0.15, 0.2) is 0 Å². The highest BCUT2D eigenvalue weighted by atomic mass is 31.2. The van der Waals surface area contributed by atoms with Gasteiger partial charge in [-0.25, -0.2) is 4.79 Å². The summed E-state index contributed by atoms with van der Waals surface area (Å²) in [7, 11) is -0.389. The molecule has 0 fully saturated rings. The van der Waals surface area contributed by atoms with E-state index in [0.717, 1.165) is 0 Å². The molecule has 0 bridgehead atoms. The van der Waals surface area contributed by atoms with Gasteiger partial charge < -0.3 is 15.0 Å². The fourth-order valence-corrected chi connectivity index (χ4v) is 0.139. The first-order valence-corrected chi connectivity index (χ1v) is 7.11. The molecule has 0 aromatic carbocycles. The molecule has 0 radical (unpaired) electrons. The van der Waals surface area contributed by atoms with Crippen LogP contribution in [0.1, 0.15) is 0 Å². The van der Waals surface area contributed by atoms with E-state index in [1.54, 1.807) is 0 Å². The maximum Gasteiger partial charge on any atom is 0.328 e. The zero-order valence-corrected chi connectivity index (χ0v) is 9.17. The predicted molar refractivity (Wildman–Crippen MR) is 52.4 cm³/mol. The van der Waals surface area contributed by atoms with E-state index >= 15 is 0 Å². The van der Waals surface area contributed by atoms with Crippen molar-refractivity contribution in [2.45, 2.75) is 0 Å². The molecule has 1 N–H and O–H groups in total. The molecule has 0 spiro atoms. The number of carbonyl (C=O) groups is 2. The zero-order valence-electron chi connectivity index (χ0n) is 8.27. The minimum atomic E-state index is -1.51. The summed E-state index contributed by atoms with van der Waals surface area (Å²) in [5.41, 5.74) is 0. The van der Waals surface area contributed by atoms with Crippen LogP contribution in [0.5, 0.6) is 0 Å². The number of carboxylic acid groups (broad SMARTS) is 2. The van der Waals surface area contributed by atoms with E-state index < -0.39 is 11.9 Å². The van der Waals surface area contributed by atoms with Crippen molar-refractivity contribution in [2.24, 2.45) is 0 Å². The molecule has 0 saturated heterocycles. The number of carboxylic acids is 2. The van der Waals surface area contributed by atoms with Crippen molar-refractivity contribution in [3.8, 4) is 0 Å². The van der Waals surface area contributed by atoms with Gasteiger partial charge in [-0.3, -0.25) is 0 Å². The molecule has 0 atom stereocenters. The zero-order chi connectivity index (χ0) is 11.1. The Bertz CT molecular complexity index is 181. The summed E-state index contributed by atoms with van der Waals surface area (Å²) in [6.07, 6.45) is 0.942. The lowest BCUT2D eigenvalue weighted by Gasteiger charge is -1.97. The minimum absolute atomic E-state index is 0.389. The monoisotopic (exact) mass is 206 g/mol. The van der Waals surface area contributed by atoms with E-state index in [-0.39, 0.29) is 7.26 Å². The van der Waals surface area contributed by atoms with Gasteiger partial charge >= 0.3 is 5.97 Å². The standard InChI is InChI=1S/C4H4O4.C4H12P/c5-3(6)1-2-4(7)8;1-5(2,3)4/h1-2H,(H,5,6)(H,7,8);1-4H3/q;+1/p-1/b2-1-;. The van der Waals surface area contributed by atoms with E-state index in [1.807, 2.05) is 0 Å². The summed E-state index contributed by atoms with van der Waals surface area (Å²) in [6.45, 7) is 9.19. The summed E-state index contributed by atoms with van der Waals surface area (Å²) in [5.74, 6) is -2.80. The van der Waals surface area contributed by atoms with Gasteiger partial charge in [-0.1, -0.05) is 0 Å². The molecule has 0 amide bonds. The lowest BCUT2D eigenvalue weighted by molar-refractivity contribution is -0.297. The van der Waals surface area contributed by atoms with Crippen molar-refractivity contribution < 1.29 is 19.8 Å². The van der Waals surface area contributed by atoms with Crippen LogP contribution in [-0.4, -0.2) is 43.7 Å². The average molecular weight is 206 g/mol. The Morgan fingerprint density at radius 1 is 1.15 bits per heavy atom. The summed E-state index contributed by atoms with van der Waals surface area (Å²) in [5, 5.41) is 17.2. The first-order valence-electron chi connectivity index (χ1n) is 3.54. The molecule has 0 aromatic heterocycles. The molecule has 0 aromatic rings. The van der Waals surface area contributed by atoms with Crippen molar-refractivity contribution in [2.75, 3.05) is 26.7 Å². The summed E-state index contributed by atoms with van der Waals surface area (Å²) < 4.78 is 0. The number of hydrogen-bond donors (Lipinski definition) is 1. The second kappa shape index (κ2) is 6.61. The van der Waals surface area contributed by atoms with Crippen LogP contribution in [0.2, 0.25) is 0 Å². The first kappa shape index (κ1) is 14.6. The predicted octanol–water partition coefficient (Wildman–Crippen LogP) is -0.0997. The average Bonchev–Trinajstić information content (AvgIpc) is 1.79. The van der Waals surface area contributed by atoms with Gasteiger partial charge in [0.25, 0.3) is 0 Å². The number of aliphatic carboxylic acids is 2. The lowest BCUT2D eigenvalue weighted by atomic mass is 10.5. The normalized spacial score (nSPS) is 10.5. The highest BCUT2D eigenvalue weighted by Crippen LogP contribution is 2.40. The lowest BCUT2D eigenvalue weighted by Crippen LogP contribution is -2.19. The summed E-state index contributed by atoms with van der Waals surface area (Å²) in [4.78, 5) is 19.0. The van der Waals surface area contributed by atoms with Crippen LogP contribution >= 0.6 is 7.26 Å². The third-order valence-corrected chi connectivity index (χ3v) is 0.362. The van der Waals surface area contributed by atoms with Crippen molar-refractivity contribution in [3.05, 3.63) is 12.2 Å². The molecule has 4 nitrogen and oxygen atoms in total. The highest BCUT2D eigenvalue weighted by Gasteiger charge is 2.03. The molecule has 13 heavy (non-hydrogen) atoms. The number of carbonyl (C=O) groups excluding carboxylic acids is 1. The topological polar surface area (TPSA) is 77.4 Å². The van der Waals surface area contributed by atoms with Gasteiger partial charge in [-0.15, -0.1) is 0 Å². The summed E-state index contributed by atoms with van der Waals surface area (Å²) in [6, 6.07) is 0. The van der Waals surface area contributed by atoms with Crippen LogP contribution < -0.4 is 5.11 Å². The third-order valence-electron chi connectivity index (χ3n) is 0.362. The maximum atomic E-state index is 9.53. The Morgan fingerprint density at radius 2 is 1.46 bits per heavy atom.